The van der Waals surface area contributed by atoms with Crippen LogP contribution in [0.3, 0.4) is 0 Å². The molecule has 0 spiro atoms. The second-order valence-electron chi connectivity index (χ2n) is 7.61. The van der Waals surface area contributed by atoms with Crippen molar-refractivity contribution in [2.75, 3.05) is 0 Å². The fourth-order valence-electron chi connectivity index (χ4n) is 3.48. The number of carbonyl (C=O) groups is 1. The third-order valence-electron chi connectivity index (χ3n) is 5.20. The molecule has 0 atom stereocenters. The third kappa shape index (κ3) is 5.54. The van der Waals surface area contributed by atoms with Gasteiger partial charge in [-0.15, -0.1) is 0 Å². The summed E-state index contributed by atoms with van der Waals surface area (Å²) in [5, 5.41) is 12.6. The Morgan fingerprint density at radius 2 is 1.74 bits per heavy atom. The second kappa shape index (κ2) is 10.6. The first-order valence-corrected chi connectivity index (χ1v) is 11.8. The molecule has 2 N–H and O–H groups in total. The number of hydrogen-bond donors (Lipinski definition) is 2. The SMILES string of the molecule is O=C(N/N=C/c1ccccc1)c1ccccc1Sc1ccc2c(/C=C/c3ccccn3)n[nH]c2c1. The highest BCUT2D eigenvalue weighted by Gasteiger charge is 2.12. The van der Waals surface area contributed by atoms with Gasteiger partial charge in [-0.1, -0.05) is 60.3 Å². The van der Waals surface area contributed by atoms with Crippen LogP contribution in [0.15, 0.2) is 112 Å². The van der Waals surface area contributed by atoms with Crippen molar-refractivity contribution in [1.29, 1.82) is 0 Å². The van der Waals surface area contributed by atoms with Gasteiger partial charge in [0.1, 0.15) is 0 Å². The fraction of sp³-hybridized carbons (Fsp3) is 0. The molecule has 7 heteroatoms. The lowest BCUT2D eigenvalue weighted by Crippen LogP contribution is -2.18. The number of carbonyl (C=O) groups excluding carboxylic acids is 1. The van der Waals surface area contributed by atoms with E-state index < -0.39 is 0 Å². The number of H-pyrrole nitrogens is 1. The maximum Gasteiger partial charge on any atom is 0.272 e. The number of nitrogens with zero attached hydrogens (tertiary/aromatic N) is 3. The van der Waals surface area contributed by atoms with Crippen LogP contribution in [-0.2, 0) is 0 Å². The Morgan fingerprint density at radius 1 is 0.914 bits per heavy atom. The third-order valence-corrected chi connectivity index (χ3v) is 6.27. The van der Waals surface area contributed by atoms with Crippen molar-refractivity contribution in [2.45, 2.75) is 9.79 Å². The number of amides is 1. The molecule has 5 aromatic rings. The quantitative estimate of drug-likeness (QED) is 0.222. The molecule has 1 amide bonds. The summed E-state index contributed by atoms with van der Waals surface area (Å²) in [7, 11) is 0. The molecule has 0 saturated carbocycles. The van der Waals surface area contributed by atoms with Gasteiger partial charge in [0.25, 0.3) is 5.91 Å². The highest BCUT2D eigenvalue weighted by atomic mass is 32.2. The smallest absolute Gasteiger partial charge is 0.272 e. The highest BCUT2D eigenvalue weighted by molar-refractivity contribution is 7.99. The van der Waals surface area contributed by atoms with Gasteiger partial charge in [-0.2, -0.15) is 10.2 Å². The lowest BCUT2D eigenvalue weighted by Gasteiger charge is -2.08. The van der Waals surface area contributed by atoms with Crippen LogP contribution in [-0.4, -0.2) is 27.3 Å². The van der Waals surface area contributed by atoms with E-state index in [1.807, 2.05) is 97.1 Å². The topological polar surface area (TPSA) is 83.0 Å². The molecule has 3 aromatic carbocycles. The maximum absolute atomic E-state index is 12.8. The molecule has 0 unspecified atom stereocenters. The molecule has 0 fully saturated rings. The van der Waals surface area contributed by atoms with Crippen molar-refractivity contribution in [3.05, 3.63) is 120 Å². The molecular weight excluding hydrogens is 454 g/mol. The highest BCUT2D eigenvalue weighted by Crippen LogP contribution is 2.32. The molecule has 2 heterocycles. The van der Waals surface area contributed by atoms with Crippen LogP contribution < -0.4 is 5.43 Å². The number of rotatable bonds is 7. The molecular formula is C28H21N5OS. The van der Waals surface area contributed by atoms with Crippen LogP contribution in [0.2, 0.25) is 0 Å². The Bertz CT molecular complexity index is 1510. The van der Waals surface area contributed by atoms with Gasteiger partial charge >= 0.3 is 0 Å². The Morgan fingerprint density at radius 3 is 2.60 bits per heavy atom. The number of hydrazone groups is 1. The summed E-state index contributed by atoms with van der Waals surface area (Å²) in [5.74, 6) is -0.259. The van der Waals surface area contributed by atoms with Gasteiger partial charge in [0.15, 0.2) is 0 Å². The molecule has 0 aliphatic carbocycles. The van der Waals surface area contributed by atoms with Crippen LogP contribution in [0.1, 0.15) is 27.3 Å². The van der Waals surface area contributed by atoms with Gasteiger partial charge in [0.2, 0.25) is 0 Å². The standard InChI is InChI=1S/C28H21N5OS/c34-28(33-30-19-20-8-2-1-3-9-20)24-11-4-5-12-27(24)35-22-14-15-23-25(31-32-26(23)18-22)16-13-21-10-6-7-17-29-21/h1-19H,(H,31,32)(H,33,34)/b16-13+,30-19+. The van der Waals surface area contributed by atoms with Crippen LogP contribution in [0.5, 0.6) is 0 Å². The summed E-state index contributed by atoms with van der Waals surface area (Å²) in [6.07, 6.45) is 7.27. The van der Waals surface area contributed by atoms with E-state index in [-0.39, 0.29) is 5.91 Å². The molecule has 0 aliphatic heterocycles. The molecule has 0 saturated heterocycles. The monoisotopic (exact) mass is 475 g/mol. The van der Waals surface area contributed by atoms with Gasteiger partial charge in [-0.25, -0.2) is 5.43 Å². The van der Waals surface area contributed by atoms with Gasteiger partial charge in [0, 0.05) is 21.4 Å². The van der Waals surface area contributed by atoms with E-state index in [9.17, 15) is 4.79 Å². The van der Waals surface area contributed by atoms with E-state index in [1.165, 1.54) is 11.8 Å². The zero-order valence-electron chi connectivity index (χ0n) is 18.6. The van der Waals surface area contributed by atoms with E-state index >= 15 is 0 Å². The predicted molar refractivity (Wildman–Crippen MR) is 141 cm³/mol. The number of aromatic nitrogens is 3. The van der Waals surface area contributed by atoms with Crippen molar-refractivity contribution < 1.29 is 4.79 Å². The Balaban J connectivity index is 1.31. The number of nitrogens with one attached hydrogen (secondary N) is 2. The van der Waals surface area contributed by atoms with Gasteiger partial charge < -0.3 is 0 Å². The lowest BCUT2D eigenvalue weighted by atomic mass is 10.2. The maximum atomic E-state index is 12.8. The average molecular weight is 476 g/mol. The summed E-state index contributed by atoms with van der Waals surface area (Å²) >= 11 is 1.52. The Hall–Kier alpha value is -4.49. The van der Waals surface area contributed by atoms with Crippen molar-refractivity contribution in [3.63, 3.8) is 0 Å². The summed E-state index contributed by atoms with van der Waals surface area (Å²) in [4.78, 5) is 18.9. The number of hydrogen-bond acceptors (Lipinski definition) is 5. The van der Waals surface area contributed by atoms with Crippen molar-refractivity contribution in [2.24, 2.45) is 5.10 Å². The van der Waals surface area contributed by atoms with E-state index in [0.717, 1.165) is 37.6 Å². The molecule has 6 nitrogen and oxygen atoms in total. The first-order chi connectivity index (χ1) is 17.3. The van der Waals surface area contributed by atoms with Gasteiger partial charge in [-0.3, -0.25) is 14.9 Å². The van der Waals surface area contributed by atoms with Crippen LogP contribution >= 0.6 is 11.8 Å². The Kier molecular flexibility index (Phi) is 6.77. The van der Waals surface area contributed by atoms with Crippen LogP contribution in [0, 0.1) is 0 Å². The average Bonchev–Trinajstić information content (AvgIpc) is 3.31. The minimum atomic E-state index is -0.259. The number of pyridine rings is 1. The van der Waals surface area contributed by atoms with Gasteiger partial charge in [-0.05, 0) is 60.2 Å². The summed E-state index contributed by atoms with van der Waals surface area (Å²) in [5.41, 5.74) is 6.74. The summed E-state index contributed by atoms with van der Waals surface area (Å²) < 4.78 is 0. The first-order valence-electron chi connectivity index (χ1n) is 11.0. The normalized spacial score (nSPS) is 11.4. The van der Waals surface area contributed by atoms with E-state index in [4.69, 9.17) is 0 Å². The van der Waals surface area contributed by atoms with E-state index in [2.05, 4.69) is 25.7 Å². The molecule has 2 aromatic heterocycles. The van der Waals surface area contributed by atoms with Crippen molar-refractivity contribution in [1.82, 2.24) is 20.6 Å². The number of fused-ring (bicyclic) bond motifs is 1. The fourth-order valence-corrected chi connectivity index (χ4v) is 4.47. The molecule has 35 heavy (non-hydrogen) atoms. The zero-order valence-corrected chi connectivity index (χ0v) is 19.4. The summed E-state index contributed by atoms with van der Waals surface area (Å²) in [6, 6.07) is 29.0. The molecule has 0 bridgehead atoms. The van der Waals surface area contributed by atoms with E-state index in [1.54, 1.807) is 18.5 Å². The van der Waals surface area contributed by atoms with Crippen LogP contribution in [0.4, 0.5) is 0 Å². The summed E-state index contributed by atoms with van der Waals surface area (Å²) in [6.45, 7) is 0. The first kappa shape index (κ1) is 22.3. The van der Waals surface area contributed by atoms with Gasteiger partial charge in [0.05, 0.1) is 28.7 Å². The van der Waals surface area contributed by atoms with Crippen molar-refractivity contribution >= 4 is 46.9 Å². The molecule has 170 valence electrons. The Labute approximate surface area is 206 Å². The second-order valence-corrected chi connectivity index (χ2v) is 8.73. The number of benzene rings is 3. The molecule has 0 radical (unpaired) electrons. The zero-order chi connectivity index (χ0) is 23.9. The van der Waals surface area contributed by atoms with Crippen LogP contribution in [0.25, 0.3) is 23.1 Å². The van der Waals surface area contributed by atoms with Crippen molar-refractivity contribution in [3.8, 4) is 0 Å². The van der Waals surface area contributed by atoms with E-state index in [0.29, 0.717) is 5.56 Å². The lowest BCUT2D eigenvalue weighted by molar-refractivity contribution is 0.0952. The number of aromatic amines is 1. The molecule has 0 aliphatic rings. The minimum Gasteiger partial charge on any atom is -0.277 e. The predicted octanol–water partition coefficient (Wildman–Crippen LogP) is 6.04. The largest absolute Gasteiger partial charge is 0.277 e. The molecule has 5 rings (SSSR count). The minimum absolute atomic E-state index is 0.259.